The van der Waals surface area contributed by atoms with Gasteiger partial charge in [0.1, 0.15) is 12.4 Å². The minimum Gasteiger partial charge on any atom is -0.291 e. The van der Waals surface area contributed by atoms with Crippen LogP contribution in [-0.4, -0.2) is 41.3 Å². The van der Waals surface area contributed by atoms with E-state index in [-0.39, 0.29) is 6.42 Å². The predicted molar refractivity (Wildman–Crippen MR) is 77.0 cm³/mol. The van der Waals surface area contributed by atoms with Gasteiger partial charge in [0.25, 0.3) is 5.91 Å². The lowest BCUT2D eigenvalue weighted by atomic mass is 10.1. The summed E-state index contributed by atoms with van der Waals surface area (Å²) in [7, 11) is 0. The number of tetrazole rings is 1. The summed E-state index contributed by atoms with van der Waals surface area (Å²) in [5.41, 5.74) is 0.823. The number of amides is 1. The van der Waals surface area contributed by atoms with Gasteiger partial charge in [-0.05, 0) is 16.0 Å². The number of carbonyl (C=O) groups is 1. The van der Waals surface area contributed by atoms with Crippen LogP contribution in [0.15, 0.2) is 36.7 Å². The molecule has 1 atom stereocenters. The number of halogens is 3. The van der Waals surface area contributed by atoms with Crippen LogP contribution in [0.1, 0.15) is 17.4 Å². The number of alkyl halides is 3. The number of hydrogen-bond donors (Lipinski definition) is 2. The molecule has 0 aliphatic carbocycles. The van der Waals surface area contributed by atoms with E-state index in [0.717, 1.165) is 5.56 Å². The molecule has 2 aromatic heterocycles. The lowest BCUT2D eigenvalue weighted by Crippen LogP contribution is -2.29. The summed E-state index contributed by atoms with van der Waals surface area (Å²) >= 11 is 0. The first kappa shape index (κ1) is 16.5. The van der Waals surface area contributed by atoms with Crippen molar-refractivity contribution in [3.8, 4) is 0 Å². The van der Waals surface area contributed by atoms with Crippen LogP contribution in [0, 0.1) is 0 Å². The van der Waals surface area contributed by atoms with Crippen LogP contribution in [0.5, 0.6) is 0 Å². The van der Waals surface area contributed by atoms with Gasteiger partial charge in [-0.3, -0.25) is 15.2 Å². The van der Waals surface area contributed by atoms with E-state index in [2.05, 4.69) is 30.9 Å². The summed E-state index contributed by atoms with van der Waals surface area (Å²) in [5, 5.41) is 17.9. The molecule has 12 heteroatoms. The minimum atomic E-state index is -4.69. The molecule has 1 unspecified atom stereocenters. The molecule has 9 nitrogen and oxygen atoms in total. The van der Waals surface area contributed by atoms with Gasteiger partial charge in [0.2, 0.25) is 11.8 Å². The molecule has 0 aliphatic heterocycles. The van der Waals surface area contributed by atoms with Crippen molar-refractivity contribution in [2.75, 3.05) is 5.32 Å². The van der Waals surface area contributed by atoms with E-state index < -0.39 is 29.9 Å². The highest BCUT2D eigenvalue weighted by Crippen LogP contribution is 2.26. The number of rotatable bonds is 5. The first-order valence-corrected chi connectivity index (χ1v) is 7.00. The van der Waals surface area contributed by atoms with Gasteiger partial charge in [0.05, 0.1) is 0 Å². The quantitative estimate of drug-likeness (QED) is 0.714. The van der Waals surface area contributed by atoms with E-state index in [9.17, 15) is 18.0 Å². The van der Waals surface area contributed by atoms with Gasteiger partial charge in [0.15, 0.2) is 0 Å². The molecular weight excluding hydrogens is 341 g/mol. The lowest BCUT2D eigenvalue weighted by Gasteiger charge is -2.15. The number of nitrogens with one attached hydrogen (secondary N) is 2. The first-order chi connectivity index (χ1) is 11.9. The molecule has 3 rings (SSSR count). The Hall–Kier alpha value is -3.31. The van der Waals surface area contributed by atoms with Crippen LogP contribution < -0.4 is 5.32 Å². The van der Waals surface area contributed by atoms with Gasteiger partial charge < -0.3 is 0 Å². The second-order valence-electron chi connectivity index (χ2n) is 4.99. The molecule has 130 valence electrons. The van der Waals surface area contributed by atoms with Crippen LogP contribution in [-0.2, 0) is 17.4 Å². The third kappa shape index (κ3) is 3.97. The van der Waals surface area contributed by atoms with Crippen molar-refractivity contribution in [2.24, 2.45) is 0 Å². The van der Waals surface area contributed by atoms with Crippen LogP contribution in [0.4, 0.5) is 19.1 Å². The van der Waals surface area contributed by atoms with Gasteiger partial charge in [0, 0.05) is 6.42 Å². The molecular formula is C13H11F3N8O. The molecule has 0 aliphatic rings. The SMILES string of the molecule is O=C(Nc1n[nH]c(C(F)(F)F)n1)C(Cc1ccccc1)n1cnnn1. The van der Waals surface area contributed by atoms with Crippen molar-refractivity contribution >= 4 is 11.9 Å². The molecule has 2 N–H and O–H groups in total. The van der Waals surface area contributed by atoms with Crippen LogP contribution in [0.2, 0.25) is 0 Å². The van der Waals surface area contributed by atoms with Gasteiger partial charge in [-0.1, -0.05) is 30.3 Å². The third-order valence-corrected chi connectivity index (χ3v) is 3.25. The molecule has 0 saturated heterocycles. The van der Waals surface area contributed by atoms with Crippen molar-refractivity contribution in [3.63, 3.8) is 0 Å². The van der Waals surface area contributed by atoms with E-state index in [1.165, 1.54) is 11.0 Å². The smallest absolute Gasteiger partial charge is 0.291 e. The molecule has 3 aromatic rings. The Labute approximate surface area is 138 Å². The maximum atomic E-state index is 12.5. The molecule has 1 amide bonds. The molecule has 2 heterocycles. The molecule has 0 bridgehead atoms. The van der Waals surface area contributed by atoms with Crippen molar-refractivity contribution < 1.29 is 18.0 Å². The average molecular weight is 352 g/mol. The maximum absolute atomic E-state index is 12.5. The standard InChI is InChI=1S/C13H11F3N8O/c14-13(15,16)11-19-12(21-20-11)18-10(25)9(24-7-17-22-23-24)6-8-4-2-1-3-5-8/h1-5,7,9H,6H2,(H2,18,19,20,21,25). The lowest BCUT2D eigenvalue weighted by molar-refractivity contribution is -0.144. The average Bonchev–Trinajstić information content (AvgIpc) is 3.24. The Balaban J connectivity index is 1.79. The minimum absolute atomic E-state index is 0.230. The van der Waals surface area contributed by atoms with Crippen LogP contribution >= 0.6 is 0 Å². The van der Waals surface area contributed by atoms with Crippen molar-refractivity contribution in [3.05, 3.63) is 48.0 Å². The van der Waals surface area contributed by atoms with E-state index in [1.807, 2.05) is 6.07 Å². The van der Waals surface area contributed by atoms with E-state index in [4.69, 9.17) is 0 Å². The fourth-order valence-corrected chi connectivity index (χ4v) is 2.09. The molecule has 25 heavy (non-hydrogen) atoms. The van der Waals surface area contributed by atoms with E-state index >= 15 is 0 Å². The monoisotopic (exact) mass is 352 g/mol. The molecule has 0 spiro atoms. The highest BCUT2D eigenvalue weighted by molar-refractivity contribution is 5.92. The first-order valence-electron chi connectivity index (χ1n) is 7.00. The van der Waals surface area contributed by atoms with Gasteiger partial charge in [-0.15, -0.1) is 10.2 Å². The number of hydrogen-bond acceptors (Lipinski definition) is 6. The summed E-state index contributed by atoms with van der Waals surface area (Å²) in [4.78, 5) is 15.7. The molecule has 0 saturated carbocycles. The van der Waals surface area contributed by atoms with Gasteiger partial charge >= 0.3 is 6.18 Å². The number of aromatic amines is 1. The Morgan fingerprint density at radius 3 is 2.64 bits per heavy atom. The zero-order valence-corrected chi connectivity index (χ0v) is 12.5. The summed E-state index contributed by atoms with van der Waals surface area (Å²) in [5.74, 6) is -2.43. The number of aromatic nitrogens is 7. The Morgan fingerprint density at radius 1 is 1.28 bits per heavy atom. The summed E-state index contributed by atoms with van der Waals surface area (Å²) < 4.78 is 38.8. The van der Waals surface area contributed by atoms with Crippen molar-refractivity contribution in [2.45, 2.75) is 18.6 Å². The number of nitrogens with zero attached hydrogens (tertiary/aromatic N) is 6. The largest absolute Gasteiger partial charge is 0.451 e. The number of benzene rings is 1. The normalized spacial score (nSPS) is 12.8. The highest BCUT2D eigenvalue weighted by atomic mass is 19.4. The second-order valence-corrected chi connectivity index (χ2v) is 4.99. The summed E-state index contributed by atoms with van der Waals surface area (Å²) in [6.45, 7) is 0. The zero-order chi connectivity index (χ0) is 17.9. The fraction of sp³-hybridized carbons (Fsp3) is 0.231. The van der Waals surface area contributed by atoms with Crippen molar-refractivity contribution in [1.82, 2.24) is 35.4 Å². The second kappa shape index (κ2) is 6.67. The number of anilines is 1. The highest BCUT2D eigenvalue weighted by Gasteiger charge is 2.35. The molecule has 0 fully saturated rings. The Kier molecular flexibility index (Phi) is 4.41. The van der Waals surface area contributed by atoms with Crippen LogP contribution in [0.3, 0.4) is 0 Å². The van der Waals surface area contributed by atoms with Crippen molar-refractivity contribution in [1.29, 1.82) is 0 Å². The molecule has 1 aromatic carbocycles. The maximum Gasteiger partial charge on any atom is 0.451 e. The zero-order valence-electron chi connectivity index (χ0n) is 12.5. The van der Waals surface area contributed by atoms with Gasteiger partial charge in [-0.2, -0.15) is 18.2 Å². The van der Waals surface area contributed by atoms with Crippen LogP contribution in [0.25, 0.3) is 0 Å². The Bertz CT molecular complexity index is 831. The number of H-pyrrole nitrogens is 1. The third-order valence-electron chi connectivity index (χ3n) is 3.25. The molecule has 0 radical (unpaired) electrons. The Morgan fingerprint density at radius 2 is 2.04 bits per heavy atom. The fourth-order valence-electron chi connectivity index (χ4n) is 2.09. The summed E-state index contributed by atoms with van der Waals surface area (Å²) in [6, 6.07) is 8.15. The van der Waals surface area contributed by atoms with Gasteiger partial charge in [-0.25, -0.2) is 4.68 Å². The summed E-state index contributed by atoms with van der Waals surface area (Å²) in [6.07, 6.45) is -3.21. The topological polar surface area (TPSA) is 114 Å². The number of carbonyl (C=O) groups excluding carboxylic acids is 1. The van der Waals surface area contributed by atoms with E-state index in [1.54, 1.807) is 29.4 Å². The van der Waals surface area contributed by atoms with E-state index in [0.29, 0.717) is 0 Å². The predicted octanol–water partition coefficient (Wildman–Crippen LogP) is 1.23.